The number of sulfonamides is 1. The molecule has 1 aromatic rings. The van der Waals surface area contributed by atoms with Gasteiger partial charge in [-0.3, -0.25) is 0 Å². The summed E-state index contributed by atoms with van der Waals surface area (Å²) in [6, 6.07) is 5.52. The molecule has 0 radical (unpaired) electrons. The summed E-state index contributed by atoms with van der Waals surface area (Å²) in [4.78, 5) is 0.453. The Labute approximate surface area is 127 Å². The topological polar surface area (TPSA) is 49.4 Å². The van der Waals surface area contributed by atoms with Gasteiger partial charge in [0.05, 0.1) is 4.90 Å². The number of benzene rings is 1. The summed E-state index contributed by atoms with van der Waals surface area (Å²) in [6.45, 7) is 6.63. The van der Waals surface area contributed by atoms with Gasteiger partial charge in [0.1, 0.15) is 0 Å². The minimum Gasteiger partial charge on any atom is -0.385 e. The number of nitrogens with zero attached hydrogens (tertiary/aromatic N) is 1. The molecule has 1 N–H and O–H groups in total. The highest BCUT2D eigenvalue weighted by Gasteiger charge is 2.34. The fraction of sp³-hybridized carbons (Fsp3) is 0.625. The molecule has 0 bridgehead atoms. The van der Waals surface area contributed by atoms with E-state index in [0.717, 1.165) is 37.1 Å². The van der Waals surface area contributed by atoms with E-state index < -0.39 is 10.0 Å². The number of aryl methyl sites for hydroxylation is 1. The van der Waals surface area contributed by atoms with Crippen LogP contribution in [0.25, 0.3) is 0 Å². The molecule has 1 saturated heterocycles. The molecule has 116 valence electrons. The Hall–Kier alpha value is -1.07. The van der Waals surface area contributed by atoms with Gasteiger partial charge < -0.3 is 5.32 Å². The van der Waals surface area contributed by atoms with E-state index in [-0.39, 0.29) is 0 Å². The van der Waals surface area contributed by atoms with Crippen molar-refractivity contribution in [2.24, 2.45) is 11.8 Å². The molecule has 1 aromatic carbocycles. The lowest BCUT2D eigenvalue weighted by Crippen LogP contribution is -2.29. The summed E-state index contributed by atoms with van der Waals surface area (Å²) in [7, 11) is -3.33. The minimum atomic E-state index is -3.33. The van der Waals surface area contributed by atoms with Crippen molar-refractivity contribution in [1.29, 1.82) is 0 Å². The number of anilines is 1. The molecule has 1 atom stereocenters. The van der Waals surface area contributed by atoms with E-state index in [1.807, 2.05) is 12.1 Å². The van der Waals surface area contributed by atoms with Crippen molar-refractivity contribution in [2.75, 3.05) is 25.0 Å². The molecule has 0 aliphatic carbocycles. The fourth-order valence-electron chi connectivity index (χ4n) is 3.28. The first kappa shape index (κ1) is 14.9. The SMILES string of the molecule is CC(C)C1CCN(S(=O)(=O)c2ccc3c(c2)CCCN3)C1. The summed E-state index contributed by atoms with van der Waals surface area (Å²) in [5, 5.41) is 3.32. The molecule has 0 saturated carbocycles. The molecular weight excluding hydrogens is 284 g/mol. The van der Waals surface area contributed by atoms with Gasteiger partial charge >= 0.3 is 0 Å². The summed E-state index contributed by atoms with van der Waals surface area (Å²) < 4.78 is 27.3. The van der Waals surface area contributed by atoms with Crippen LogP contribution < -0.4 is 5.32 Å². The third-order valence-electron chi connectivity index (χ3n) is 4.78. The van der Waals surface area contributed by atoms with Gasteiger partial charge in [0, 0.05) is 25.3 Å². The van der Waals surface area contributed by atoms with Crippen molar-refractivity contribution in [1.82, 2.24) is 4.31 Å². The Morgan fingerprint density at radius 2 is 2.14 bits per heavy atom. The maximum atomic E-state index is 12.8. The van der Waals surface area contributed by atoms with Gasteiger partial charge in [0.15, 0.2) is 0 Å². The molecule has 1 fully saturated rings. The average Bonchev–Trinajstić information content (AvgIpc) is 2.97. The first-order chi connectivity index (χ1) is 9.98. The third-order valence-corrected chi connectivity index (χ3v) is 6.64. The van der Waals surface area contributed by atoms with Crippen LogP contribution in [-0.2, 0) is 16.4 Å². The first-order valence-corrected chi connectivity index (χ1v) is 9.29. The predicted molar refractivity (Wildman–Crippen MR) is 85.0 cm³/mol. The zero-order chi connectivity index (χ0) is 15.0. The quantitative estimate of drug-likeness (QED) is 0.934. The average molecular weight is 308 g/mol. The van der Waals surface area contributed by atoms with Gasteiger partial charge in [-0.2, -0.15) is 4.31 Å². The number of nitrogens with one attached hydrogen (secondary N) is 1. The van der Waals surface area contributed by atoms with Crippen molar-refractivity contribution >= 4 is 15.7 Å². The molecule has 4 nitrogen and oxygen atoms in total. The summed E-state index contributed by atoms with van der Waals surface area (Å²) >= 11 is 0. The molecule has 0 spiro atoms. The van der Waals surface area contributed by atoms with E-state index in [1.165, 1.54) is 0 Å². The summed E-state index contributed by atoms with van der Waals surface area (Å²) in [5.41, 5.74) is 2.21. The second-order valence-corrected chi connectivity index (χ2v) is 8.44. The highest BCUT2D eigenvalue weighted by molar-refractivity contribution is 7.89. The zero-order valence-corrected chi connectivity index (χ0v) is 13.6. The van der Waals surface area contributed by atoms with Crippen LogP contribution in [0.1, 0.15) is 32.3 Å². The highest BCUT2D eigenvalue weighted by atomic mass is 32.2. The van der Waals surface area contributed by atoms with Crippen LogP contribution in [-0.4, -0.2) is 32.4 Å². The normalized spacial score (nSPS) is 23.1. The predicted octanol–water partition coefficient (Wildman–Crippen LogP) is 2.71. The molecule has 21 heavy (non-hydrogen) atoms. The summed E-state index contributed by atoms with van der Waals surface area (Å²) in [6.07, 6.45) is 3.00. The molecule has 5 heteroatoms. The second-order valence-electron chi connectivity index (χ2n) is 6.51. The van der Waals surface area contributed by atoms with Gasteiger partial charge in [0.25, 0.3) is 0 Å². The summed E-state index contributed by atoms with van der Waals surface area (Å²) in [5.74, 6) is 1.03. The molecule has 0 amide bonds. The Morgan fingerprint density at radius 1 is 1.33 bits per heavy atom. The van der Waals surface area contributed by atoms with Gasteiger partial charge in [-0.05, 0) is 54.9 Å². The fourth-order valence-corrected chi connectivity index (χ4v) is 4.84. The lowest BCUT2D eigenvalue weighted by atomic mass is 9.96. The van der Waals surface area contributed by atoms with Crippen molar-refractivity contribution in [3.8, 4) is 0 Å². The lowest BCUT2D eigenvalue weighted by Gasteiger charge is -2.21. The largest absolute Gasteiger partial charge is 0.385 e. The van der Waals surface area contributed by atoms with Crippen LogP contribution in [0.3, 0.4) is 0 Å². The van der Waals surface area contributed by atoms with Crippen molar-refractivity contribution < 1.29 is 8.42 Å². The van der Waals surface area contributed by atoms with E-state index in [9.17, 15) is 8.42 Å². The van der Waals surface area contributed by atoms with Crippen LogP contribution in [0.4, 0.5) is 5.69 Å². The standard InChI is InChI=1S/C16H24N2O2S/c1-12(2)14-7-9-18(11-14)21(19,20)15-5-6-16-13(10-15)4-3-8-17-16/h5-6,10,12,14,17H,3-4,7-9,11H2,1-2H3. The molecular formula is C16H24N2O2S. The highest BCUT2D eigenvalue weighted by Crippen LogP contribution is 2.31. The zero-order valence-electron chi connectivity index (χ0n) is 12.8. The van der Waals surface area contributed by atoms with Gasteiger partial charge in [-0.15, -0.1) is 0 Å². The number of fused-ring (bicyclic) bond motifs is 1. The number of hydrogen-bond acceptors (Lipinski definition) is 3. The Kier molecular flexibility index (Phi) is 3.97. The van der Waals surface area contributed by atoms with Crippen LogP contribution in [0, 0.1) is 11.8 Å². The second kappa shape index (κ2) is 5.61. The van der Waals surface area contributed by atoms with E-state index in [0.29, 0.717) is 29.8 Å². The number of rotatable bonds is 3. The van der Waals surface area contributed by atoms with Crippen LogP contribution >= 0.6 is 0 Å². The van der Waals surface area contributed by atoms with Gasteiger partial charge in [-0.25, -0.2) is 8.42 Å². The van der Waals surface area contributed by atoms with Crippen LogP contribution in [0.15, 0.2) is 23.1 Å². The Morgan fingerprint density at radius 3 is 2.86 bits per heavy atom. The number of hydrogen-bond donors (Lipinski definition) is 1. The van der Waals surface area contributed by atoms with Crippen molar-refractivity contribution in [2.45, 2.75) is 38.0 Å². The van der Waals surface area contributed by atoms with E-state index in [4.69, 9.17) is 0 Å². The van der Waals surface area contributed by atoms with Crippen molar-refractivity contribution in [3.63, 3.8) is 0 Å². The van der Waals surface area contributed by atoms with Crippen LogP contribution in [0.5, 0.6) is 0 Å². The van der Waals surface area contributed by atoms with E-state index in [1.54, 1.807) is 10.4 Å². The molecule has 1 unspecified atom stereocenters. The van der Waals surface area contributed by atoms with E-state index >= 15 is 0 Å². The van der Waals surface area contributed by atoms with E-state index in [2.05, 4.69) is 19.2 Å². The van der Waals surface area contributed by atoms with Gasteiger partial charge in [0.2, 0.25) is 10.0 Å². The Balaban J connectivity index is 1.85. The molecule has 3 rings (SSSR count). The first-order valence-electron chi connectivity index (χ1n) is 7.85. The lowest BCUT2D eigenvalue weighted by molar-refractivity contribution is 0.388. The van der Waals surface area contributed by atoms with Crippen molar-refractivity contribution in [3.05, 3.63) is 23.8 Å². The monoisotopic (exact) mass is 308 g/mol. The Bertz CT molecular complexity index is 625. The van der Waals surface area contributed by atoms with Crippen LogP contribution in [0.2, 0.25) is 0 Å². The molecule has 2 heterocycles. The third kappa shape index (κ3) is 2.81. The molecule has 0 aromatic heterocycles. The van der Waals surface area contributed by atoms with Gasteiger partial charge in [-0.1, -0.05) is 13.8 Å². The maximum absolute atomic E-state index is 12.8. The smallest absolute Gasteiger partial charge is 0.243 e. The molecule has 2 aliphatic heterocycles. The molecule has 2 aliphatic rings. The maximum Gasteiger partial charge on any atom is 0.243 e. The minimum absolute atomic E-state index is 0.453.